The van der Waals surface area contributed by atoms with Crippen molar-refractivity contribution in [1.82, 2.24) is 9.38 Å². The van der Waals surface area contributed by atoms with Crippen molar-refractivity contribution in [3.8, 4) is 0 Å². The molecule has 1 unspecified atom stereocenters. The molecule has 0 saturated heterocycles. The lowest BCUT2D eigenvalue weighted by molar-refractivity contribution is -0.908. The van der Waals surface area contributed by atoms with Gasteiger partial charge in [-0.15, -0.1) is 11.3 Å². The number of quaternary nitrogens is 1. The normalized spacial score (nSPS) is 12.9. The molecular formula is C13H14N3OS2+. The summed E-state index contributed by atoms with van der Waals surface area (Å²) in [5.41, 5.74) is 2.20. The number of aromatic nitrogens is 2. The van der Waals surface area contributed by atoms with Crippen LogP contribution in [-0.4, -0.2) is 16.4 Å². The van der Waals surface area contributed by atoms with E-state index >= 15 is 0 Å². The number of nitrogens with one attached hydrogen (secondary N) is 1. The predicted octanol–water partition coefficient (Wildman–Crippen LogP) is 1.03. The van der Waals surface area contributed by atoms with Crippen LogP contribution in [0, 0.1) is 0 Å². The van der Waals surface area contributed by atoms with Gasteiger partial charge in [0.15, 0.2) is 4.96 Å². The number of thiophene rings is 1. The molecule has 98 valence electrons. The van der Waals surface area contributed by atoms with Gasteiger partial charge in [-0.05, 0) is 16.8 Å². The minimum atomic E-state index is 0.00424. The van der Waals surface area contributed by atoms with Gasteiger partial charge >= 0.3 is 0 Å². The maximum atomic E-state index is 11.9. The van der Waals surface area contributed by atoms with Crippen LogP contribution in [0.4, 0.5) is 0 Å². The van der Waals surface area contributed by atoms with E-state index in [2.05, 4.69) is 28.9 Å². The Morgan fingerprint density at radius 1 is 1.37 bits per heavy atom. The van der Waals surface area contributed by atoms with Crippen LogP contribution in [0.15, 0.2) is 39.3 Å². The highest BCUT2D eigenvalue weighted by Gasteiger charge is 2.09. The molecule has 3 aromatic heterocycles. The van der Waals surface area contributed by atoms with Crippen LogP contribution in [0.1, 0.15) is 11.3 Å². The van der Waals surface area contributed by atoms with E-state index in [1.54, 1.807) is 28.0 Å². The van der Waals surface area contributed by atoms with Crippen LogP contribution < -0.4 is 10.5 Å². The highest BCUT2D eigenvalue weighted by molar-refractivity contribution is 7.15. The van der Waals surface area contributed by atoms with E-state index in [9.17, 15) is 4.79 Å². The zero-order chi connectivity index (χ0) is 13.2. The standard InChI is InChI=1S/C13H13N3OS2/c1-15(7-10-2-4-18-9-10)8-11-6-12(17)16-3-5-19-13(16)14-11/h2-6,9H,7-8H2,1H3/p+1. The summed E-state index contributed by atoms with van der Waals surface area (Å²) < 4.78 is 1.59. The molecule has 3 heterocycles. The van der Waals surface area contributed by atoms with Gasteiger partial charge in [-0.1, -0.05) is 0 Å². The van der Waals surface area contributed by atoms with Crippen LogP contribution in [0.25, 0.3) is 4.96 Å². The molecule has 0 bridgehead atoms. The Hall–Kier alpha value is -1.50. The van der Waals surface area contributed by atoms with Crippen molar-refractivity contribution in [3.63, 3.8) is 0 Å². The van der Waals surface area contributed by atoms with Gasteiger partial charge < -0.3 is 4.90 Å². The fourth-order valence-electron chi connectivity index (χ4n) is 2.09. The Bertz CT molecular complexity index is 730. The molecule has 19 heavy (non-hydrogen) atoms. The van der Waals surface area contributed by atoms with Gasteiger partial charge in [0.1, 0.15) is 18.8 Å². The fourth-order valence-corrected chi connectivity index (χ4v) is 3.50. The molecule has 0 amide bonds. The van der Waals surface area contributed by atoms with E-state index in [4.69, 9.17) is 0 Å². The number of hydrogen-bond acceptors (Lipinski definition) is 4. The van der Waals surface area contributed by atoms with E-state index in [1.165, 1.54) is 21.8 Å². The van der Waals surface area contributed by atoms with E-state index < -0.39 is 0 Å². The molecule has 3 aromatic rings. The summed E-state index contributed by atoms with van der Waals surface area (Å²) in [5, 5.41) is 6.13. The number of fused-ring (bicyclic) bond motifs is 1. The summed E-state index contributed by atoms with van der Waals surface area (Å²) in [6.07, 6.45) is 1.76. The average Bonchev–Trinajstić information content (AvgIpc) is 2.99. The summed E-state index contributed by atoms with van der Waals surface area (Å²) in [7, 11) is 2.12. The Morgan fingerprint density at radius 3 is 3.05 bits per heavy atom. The minimum absolute atomic E-state index is 0.00424. The van der Waals surface area contributed by atoms with Crippen molar-refractivity contribution in [1.29, 1.82) is 0 Å². The minimum Gasteiger partial charge on any atom is -0.329 e. The van der Waals surface area contributed by atoms with Crippen LogP contribution >= 0.6 is 22.7 Å². The third kappa shape index (κ3) is 2.75. The van der Waals surface area contributed by atoms with Gasteiger partial charge in [-0.25, -0.2) is 4.98 Å². The van der Waals surface area contributed by atoms with Crippen LogP contribution in [0.5, 0.6) is 0 Å². The summed E-state index contributed by atoms with van der Waals surface area (Å²) in [5.74, 6) is 0. The molecule has 0 fully saturated rings. The second-order valence-corrected chi connectivity index (χ2v) is 6.24. The molecule has 4 nitrogen and oxygen atoms in total. The van der Waals surface area contributed by atoms with Gasteiger partial charge in [0.05, 0.1) is 7.05 Å². The molecule has 3 rings (SSSR count). The van der Waals surface area contributed by atoms with Gasteiger partial charge in [-0.2, -0.15) is 11.3 Å². The van der Waals surface area contributed by atoms with Crippen molar-refractivity contribution < 1.29 is 4.90 Å². The SMILES string of the molecule is C[NH+](Cc1ccsc1)Cc1cc(=O)n2ccsc2n1. The zero-order valence-electron chi connectivity index (χ0n) is 10.5. The lowest BCUT2D eigenvalue weighted by Crippen LogP contribution is -3.06. The molecule has 0 saturated carbocycles. The fraction of sp³-hybridized carbons (Fsp3) is 0.231. The van der Waals surface area contributed by atoms with E-state index in [0.29, 0.717) is 0 Å². The molecular weight excluding hydrogens is 278 g/mol. The quantitative estimate of drug-likeness (QED) is 0.780. The largest absolute Gasteiger partial charge is 0.329 e. The summed E-state index contributed by atoms with van der Waals surface area (Å²) >= 11 is 3.21. The lowest BCUT2D eigenvalue weighted by Gasteiger charge is -2.12. The van der Waals surface area contributed by atoms with Crippen molar-refractivity contribution in [2.24, 2.45) is 0 Å². The molecule has 1 N–H and O–H groups in total. The van der Waals surface area contributed by atoms with E-state index in [0.717, 1.165) is 23.7 Å². The monoisotopic (exact) mass is 292 g/mol. The summed E-state index contributed by atoms with van der Waals surface area (Å²) in [4.78, 5) is 18.5. The second-order valence-electron chi connectivity index (χ2n) is 4.58. The first-order valence-corrected chi connectivity index (χ1v) is 7.83. The first kappa shape index (κ1) is 12.5. The predicted molar refractivity (Wildman–Crippen MR) is 78.0 cm³/mol. The van der Waals surface area contributed by atoms with Crippen molar-refractivity contribution in [2.75, 3.05) is 7.05 Å². The van der Waals surface area contributed by atoms with Crippen molar-refractivity contribution >= 4 is 27.6 Å². The van der Waals surface area contributed by atoms with Crippen molar-refractivity contribution in [2.45, 2.75) is 13.1 Å². The Kier molecular flexibility index (Phi) is 3.46. The van der Waals surface area contributed by atoms with Gasteiger partial charge in [-0.3, -0.25) is 9.20 Å². The summed E-state index contributed by atoms with van der Waals surface area (Å²) in [6, 6.07) is 3.77. The Labute approximate surface area is 118 Å². The number of thiazole rings is 1. The molecule has 0 radical (unpaired) electrons. The maximum absolute atomic E-state index is 11.9. The van der Waals surface area contributed by atoms with Crippen LogP contribution in [0.3, 0.4) is 0 Å². The highest BCUT2D eigenvalue weighted by Crippen LogP contribution is 2.06. The van der Waals surface area contributed by atoms with Crippen LogP contribution in [0.2, 0.25) is 0 Å². The van der Waals surface area contributed by atoms with E-state index in [-0.39, 0.29) is 5.56 Å². The van der Waals surface area contributed by atoms with Crippen LogP contribution in [-0.2, 0) is 13.1 Å². The van der Waals surface area contributed by atoms with Gasteiger partial charge in [0.2, 0.25) is 0 Å². The molecule has 0 spiro atoms. The third-order valence-corrected chi connectivity index (χ3v) is 4.41. The lowest BCUT2D eigenvalue weighted by atomic mass is 10.3. The smallest absolute Gasteiger partial charge is 0.258 e. The third-order valence-electron chi connectivity index (χ3n) is 2.93. The van der Waals surface area contributed by atoms with Crippen molar-refractivity contribution in [3.05, 3.63) is 56.1 Å². The molecule has 0 aromatic carbocycles. The molecule has 0 aliphatic carbocycles. The van der Waals surface area contributed by atoms with Gasteiger partial charge in [0, 0.05) is 23.2 Å². The molecule has 0 aliphatic heterocycles. The number of hydrogen-bond donors (Lipinski definition) is 1. The maximum Gasteiger partial charge on any atom is 0.258 e. The number of nitrogens with zero attached hydrogens (tertiary/aromatic N) is 2. The first-order valence-electron chi connectivity index (χ1n) is 6.00. The average molecular weight is 292 g/mol. The first-order chi connectivity index (χ1) is 9.22. The van der Waals surface area contributed by atoms with Gasteiger partial charge in [0.25, 0.3) is 5.56 Å². The Balaban J connectivity index is 1.79. The number of rotatable bonds is 4. The van der Waals surface area contributed by atoms with E-state index in [1.807, 2.05) is 5.38 Å². The second kappa shape index (κ2) is 5.24. The molecule has 1 atom stereocenters. The molecule has 0 aliphatic rings. The zero-order valence-corrected chi connectivity index (χ0v) is 12.1. The summed E-state index contributed by atoms with van der Waals surface area (Å²) in [6.45, 7) is 1.72. The highest BCUT2D eigenvalue weighted by atomic mass is 32.1. The topological polar surface area (TPSA) is 38.8 Å². The molecule has 6 heteroatoms. The Morgan fingerprint density at radius 2 is 2.26 bits per heavy atom.